The van der Waals surface area contributed by atoms with E-state index >= 15 is 0 Å². The molecule has 0 aliphatic rings. The third kappa shape index (κ3) is 6.19. The van der Waals surface area contributed by atoms with Crippen LogP contribution in [0.1, 0.15) is 21.2 Å². The van der Waals surface area contributed by atoms with E-state index in [-0.39, 0.29) is 27.6 Å². The lowest BCUT2D eigenvalue weighted by Gasteiger charge is -2.21. The highest BCUT2D eigenvalue weighted by Crippen LogP contribution is 2.42. The van der Waals surface area contributed by atoms with Gasteiger partial charge in [0.15, 0.2) is 6.10 Å². The van der Waals surface area contributed by atoms with Crippen molar-refractivity contribution in [2.45, 2.75) is 16.2 Å². The third-order valence-electron chi connectivity index (χ3n) is 4.78. The lowest BCUT2D eigenvalue weighted by molar-refractivity contribution is -0.387. The maximum Gasteiger partial charge on any atom is 0.343 e. The van der Waals surface area contributed by atoms with Crippen molar-refractivity contribution in [1.29, 1.82) is 0 Å². The molecule has 11 nitrogen and oxygen atoms in total. The number of nitrogens with zero attached hydrogens (tertiary/aromatic N) is 2. The van der Waals surface area contributed by atoms with Gasteiger partial charge in [0, 0.05) is 18.2 Å². The number of aliphatic hydroxyl groups is 1. The fourth-order valence-electron chi connectivity index (χ4n) is 3.01. The van der Waals surface area contributed by atoms with E-state index in [2.05, 4.69) is 4.74 Å². The molecule has 0 saturated carbocycles. The number of rotatable bonds is 9. The second-order valence-corrected chi connectivity index (χ2v) is 8.18. The van der Waals surface area contributed by atoms with Gasteiger partial charge in [0.2, 0.25) is 0 Å². The fraction of sp³-hybridized carbons (Fsp3) is 0.130. The minimum atomic E-state index is -1.64. The largest absolute Gasteiger partial charge is 0.467 e. The van der Waals surface area contributed by atoms with Crippen LogP contribution in [0.4, 0.5) is 11.4 Å². The maximum absolute atomic E-state index is 12.3. The van der Waals surface area contributed by atoms with Gasteiger partial charge in [-0.05, 0) is 35.9 Å². The number of carbonyl (C=O) groups is 2. The van der Waals surface area contributed by atoms with Gasteiger partial charge in [0.25, 0.3) is 11.4 Å². The summed E-state index contributed by atoms with van der Waals surface area (Å²) in [4.78, 5) is 45.6. The van der Waals surface area contributed by atoms with E-state index in [1.165, 1.54) is 66.7 Å². The number of ether oxygens (including phenoxy) is 2. The monoisotopic (exact) mass is 498 g/mol. The molecule has 2 unspecified atom stereocenters. The van der Waals surface area contributed by atoms with Crippen LogP contribution >= 0.6 is 11.8 Å². The van der Waals surface area contributed by atoms with Crippen molar-refractivity contribution in [2.24, 2.45) is 0 Å². The molecular formula is C23H18N2O9S. The van der Waals surface area contributed by atoms with Crippen LogP contribution in [0.25, 0.3) is 0 Å². The molecule has 3 aromatic carbocycles. The van der Waals surface area contributed by atoms with Gasteiger partial charge in [-0.1, -0.05) is 24.3 Å². The van der Waals surface area contributed by atoms with Crippen LogP contribution in [-0.2, 0) is 9.53 Å². The quantitative estimate of drug-likeness (QED) is 0.150. The summed E-state index contributed by atoms with van der Waals surface area (Å²) in [5, 5.41) is 31.7. The van der Waals surface area contributed by atoms with Gasteiger partial charge in [-0.2, -0.15) is 0 Å². The molecule has 0 saturated heterocycles. The number of benzene rings is 3. The fourth-order valence-corrected chi connectivity index (χ4v) is 4.24. The Morgan fingerprint density at radius 3 is 2.11 bits per heavy atom. The smallest absolute Gasteiger partial charge is 0.343 e. The number of nitro benzene ring substituents is 2. The molecule has 0 aliphatic carbocycles. The second kappa shape index (κ2) is 11.2. The van der Waals surface area contributed by atoms with Gasteiger partial charge >= 0.3 is 11.9 Å². The molecule has 1 N–H and O–H groups in total. The highest BCUT2D eigenvalue weighted by atomic mass is 32.2. The zero-order valence-corrected chi connectivity index (χ0v) is 18.9. The molecule has 35 heavy (non-hydrogen) atoms. The second-order valence-electron chi connectivity index (χ2n) is 6.99. The van der Waals surface area contributed by atoms with E-state index in [1.807, 2.05) is 0 Å². The lowest BCUT2D eigenvalue weighted by Crippen LogP contribution is -2.27. The van der Waals surface area contributed by atoms with E-state index in [1.54, 1.807) is 6.07 Å². The number of thioether (sulfide) groups is 1. The molecule has 0 bridgehead atoms. The van der Waals surface area contributed by atoms with Gasteiger partial charge in [0.1, 0.15) is 5.75 Å². The first-order chi connectivity index (χ1) is 16.7. The first-order valence-electron chi connectivity index (χ1n) is 9.94. The van der Waals surface area contributed by atoms with Crippen LogP contribution in [0.3, 0.4) is 0 Å². The summed E-state index contributed by atoms with van der Waals surface area (Å²) in [7, 11) is 1.11. The van der Waals surface area contributed by atoms with E-state index < -0.39 is 33.1 Å². The zero-order valence-electron chi connectivity index (χ0n) is 18.1. The molecule has 3 rings (SSSR count). The van der Waals surface area contributed by atoms with Crippen LogP contribution in [0.5, 0.6) is 5.75 Å². The first-order valence-corrected chi connectivity index (χ1v) is 10.8. The molecule has 12 heteroatoms. The topological polar surface area (TPSA) is 159 Å². The molecular weight excluding hydrogens is 480 g/mol. The number of methoxy groups -OCH3 is 1. The Kier molecular flexibility index (Phi) is 8.12. The van der Waals surface area contributed by atoms with Gasteiger partial charge < -0.3 is 14.6 Å². The predicted octanol–water partition coefficient (Wildman–Crippen LogP) is 4.09. The van der Waals surface area contributed by atoms with Crippen LogP contribution in [0, 0.1) is 20.2 Å². The highest BCUT2D eigenvalue weighted by Gasteiger charge is 2.31. The Hall–Kier alpha value is -4.29. The number of carbonyl (C=O) groups excluding carboxylic acids is 2. The Morgan fingerprint density at radius 1 is 0.914 bits per heavy atom. The van der Waals surface area contributed by atoms with E-state index in [4.69, 9.17) is 4.74 Å². The molecule has 0 radical (unpaired) electrons. The number of aliphatic hydroxyl groups excluding tert-OH is 1. The summed E-state index contributed by atoms with van der Waals surface area (Å²) in [6, 6.07) is 16.6. The average Bonchev–Trinajstić information content (AvgIpc) is 2.87. The summed E-state index contributed by atoms with van der Waals surface area (Å²) in [5.41, 5.74) is 0.164. The molecule has 0 fully saturated rings. The van der Waals surface area contributed by atoms with Crippen molar-refractivity contribution < 1.29 is 34.0 Å². The number of nitro groups is 2. The Morgan fingerprint density at radius 2 is 1.54 bits per heavy atom. The molecule has 180 valence electrons. The van der Waals surface area contributed by atoms with Crippen molar-refractivity contribution in [3.05, 3.63) is 104 Å². The molecule has 2 atom stereocenters. The van der Waals surface area contributed by atoms with Crippen LogP contribution in [0.2, 0.25) is 0 Å². The standard InChI is InChI=1S/C23H18N2O9S/c1-33-23(28)20(26)21(35-19-5-3-2-4-18(19)25(31)32)14-8-12-17(13-9-14)34-22(27)15-6-10-16(11-7-15)24(29)30/h2-13,20-21,26H,1H3. The van der Waals surface area contributed by atoms with E-state index in [0.29, 0.717) is 5.56 Å². The van der Waals surface area contributed by atoms with Gasteiger partial charge in [-0.3, -0.25) is 20.2 Å². The van der Waals surface area contributed by atoms with Crippen molar-refractivity contribution in [1.82, 2.24) is 0 Å². The van der Waals surface area contributed by atoms with Gasteiger partial charge in [0.05, 0.1) is 32.7 Å². The molecule has 0 heterocycles. The molecule has 3 aromatic rings. The number of non-ortho nitro benzene ring substituents is 1. The van der Waals surface area contributed by atoms with E-state index in [0.717, 1.165) is 18.9 Å². The first kappa shape index (κ1) is 25.3. The summed E-state index contributed by atoms with van der Waals surface area (Å²) in [6.07, 6.45) is -1.64. The summed E-state index contributed by atoms with van der Waals surface area (Å²) < 4.78 is 9.91. The van der Waals surface area contributed by atoms with Crippen LogP contribution in [-0.4, -0.2) is 40.1 Å². The highest BCUT2D eigenvalue weighted by molar-refractivity contribution is 7.99. The molecule has 0 aromatic heterocycles. The molecule has 0 spiro atoms. The minimum absolute atomic E-state index is 0.102. The summed E-state index contributed by atoms with van der Waals surface area (Å²) in [5.74, 6) is -1.53. The molecule has 0 amide bonds. The van der Waals surface area contributed by atoms with Crippen LogP contribution < -0.4 is 4.74 Å². The van der Waals surface area contributed by atoms with Crippen molar-refractivity contribution in [3.63, 3.8) is 0 Å². The van der Waals surface area contributed by atoms with Gasteiger partial charge in [-0.25, -0.2) is 9.59 Å². The Bertz CT molecular complexity index is 1250. The summed E-state index contributed by atoms with van der Waals surface area (Å²) >= 11 is 0.914. The van der Waals surface area contributed by atoms with Crippen molar-refractivity contribution >= 4 is 35.1 Å². The van der Waals surface area contributed by atoms with Crippen molar-refractivity contribution in [3.8, 4) is 5.75 Å². The van der Waals surface area contributed by atoms with E-state index in [9.17, 15) is 34.9 Å². The zero-order chi connectivity index (χ0) is 25.5. The molecule has 0 aliphatic heterocycles. The minimum Gasteiger partial charge on any atom is -0.467 e. The summed E-state index contributed by atoms with van der Waals surface area (Å²) in [6.45, 7) is 0. The SMILES string of the molecule is COC(=O)C(O)C(Sc1ccccc1[N+](=O)[O-])c1ccc(OC(=O)c2ccc([N+](=O)[O-])cc2)cc1. The third-order valence-corrected chi connectivity index (χ3v) is 6.16. The number of esters is 2. The maximum atomic E-state index is 12.3. The predicted molar refractivity (Wildman–Crippen MR) is 124 cm³/mol. The van der Waals surface area contributed by atoms with Crippen LogP contribution in [0.15, 0.2) is 77.7 Å². The van der Waals surface area contributed by atoms with Crippen molar-refractivity contribution in [2.75, 3.05) is 7.11 Å². The van der Waals surface area contributed by atoms with Gasteiger partial charge in [-0.15, -0.1) is 11.8 Å². The average molecular weight is 498 g/mol. The Balaban J connectivity index is 1.83. The Labute approximate surface area is 202 Å². The normalized spacial score (nSPS) is 12.3. The number of hydrogen-bond donors (Lipinski definition) is 1. The number of para-hydroxylation sites is 1. The lowest BCUT2D eigenvalue weighted by atomic mass is 10.1. The number of hydrogen-bond acceptors (Lipinski definition) is 10.